The van der Waals surface area contributed by atoms with E-state index in [1.165, 1.54) is 0 Å². The smallest absolute Gasteiger partial charge is 0.244 e. The summed E-state index contributed by atoms with van der Waals surface area (Å²) in [6, 6.07) is 11.2. The number of piperidine rings is 1. The Bertz CT molecular complexity index is 825. The van der Waals surface area contributed by atoms with Crippen molar-refractivity contribution in [2.45, 2.75) is 32.4 Å². The van der Waals surface area contributed by atoms with Gasteiger partial charge in [-0.05, 0) is 55.2 Å². The molecule has 1 aliphatic rings. The van der Waals surface area contributed by atoms with E-state index in [1.54, 1.807) is 19.1 Å². The summed E-state index contributed by atoms with van der Waals surface area (Å²) in [5, 5.41) is 4.01. The molecule has 1 amide bonds. The van der Waals surface area contributed by atoms with Crippen molar-refractivity contribution in [2.24, 2.45) is 0 Å². The van der Waals surface area contributed by atoms with Gasteiger partial charge in [0.25, 0.3) is 0 Å². The molecule has 27 heavy (non-hydrogen) atoms. The monoisotopic (exact) mass is 388 g/mol. The molecule has 2 aromatic rings. The number of amides is 1. The number of rotatable bonds is 6. The number of nitrogens with one attached hydrogen (secondary N) is 1. The summed E-state index contributed by atoms with van der Waals surface area (Å²) in [6.45, 7) is 3.30. The van der Waals surface area contributed by atoms with Crippen molar-refractivity contribution in [1.29, 1.82) is 0 Å². The van der Waals surface area contributed by atoms with Crippen molar-refractivity contribution in [1.82, 2.24) is 5.32 Å². The number of ether oxygens (including phenoxy) is 2. The molecule has 5 nitrogen and oxygen atoms in total. The Labute approximate surface area is 165 Å². The number of anilines is 1. The summed E-state index contributed by atoms with van der Waals surface area (Å²) < 4.78 is 10.7. The molecule has 0 spiro atoms. The van der Waals surface area contributed by atoms with Gasteiger partial charge in [0, 0.05) is 13.1 Å². The van der Waals surface area contributed by atoms with E-state index in [1.807, 2.05) is 43.3 Å². The fourth-order valence-corrected chi connectivity index (χ4v) is 3.66. The van der Waals surface area contributed by atoms with Crippen molar-refractivity contribution >= 4 is 23.2 Å². The topological polar surface area (TPSA) is 50.8 Å². The van der Waals surface area contributed by atoms with Crippen molar-refractivity contribution in [3.05, 3.63) is 52.5 Å². The van der Waals surface area contributed by atoms with Crippen LogP contribution >= 0.6 is 11.6 Å². The minimum Gasteiger partial charge on any atom is -0.493 e. The van der Waals surface area contributed by atoms with Gasteiger partial charge in [-0.1, -0.05) is 23.7 Å². The first-order valence-electron chi connectivity index (χ1n) is 9.06. The van der Waals surface area contributed by atoms with Gasteiger partial charge in [0.2, 0.25) is 5.91 Å². The molecule has 0 aromatic heterocycles. The van der Waals surface area contributed by atoms with Gasteiger partial charge >= 0.3 is 0 Å². The second-order valence-corrected chi connectivity index (χ2v) is 7.06. The fourth-order valence-electron chi connectivity index (χ4n) is 3.42. The predicted molar refractivity (Wildman–Crippen MR) is 108 cm³/mol. The van der Waals surface area contributed by atoms with Crippen LogP contribution in [-0.2, 0) is 11.3 Å². The third-order valence-electron chi connectivity index (χ3n) is 4.96. The van der Waals surface area contributed by atoms with Crippen molar-refractivity contribution in [3.8, 4) is 11.5 Å². The minimum absolute atomic E-state index is 0.0625. The van der Waals surface area contributed by atoms with Gasteiger partial charge in [-0.25, -0.2) is 0 Å². The summed E-state index contributed by atoms with van der Waals surface area (Å²) in [4.78, 5) is 14.8. The molecule has 0 aliphatic carbocycles. The number of benzene rings is 2. The lowest BCUT2D eigenvalue weighted by Gasteiger charge is -2.33. The van der Waals surface area contributed by atoms with E-state index in [2.05, 4.69) is 5.32 Å². The molecule has 6 heteroatoms. The fraction of sp³-hybridized carbons (Fsp3) is 0.381. The second-order valence-electron chi connectivity index (χ2n) is 6.65. The number of carbonyl (C=O) groups excluding carboxylic acids is 1. The van der Waals surface area contributed by atoms with Crippen LogP contribution in [0.4, 0.5) is 5.69 Å². The summed E-state index contributed by atoms with van der Waals surface area (Å²) in [5.74, 6) is 1.46. The molecule has 1 atom stereocenters. The first-order chi connectivity index (χ1) is 13.0. The Morgan fingerprint density at radius 3 is 2.59 bits per heavy atom. The molecule has 0 bridgehead atoms. The highest BCUT2D eigenvalue weighted by atomic mass is 35.5. The molecular weight excluding hydrogens is 364 g/mol. The van der Waals surface area contributed by atoms with Gasteiger partial charge in [0.05, 0.1) is 31.0 Å². The first-order valence-corrected chi connectivity index (χ1v) is 9.43. The Hall–Kier alpha value is -2.24. The lowest BCUT2D eigenvalue weighted by molar-refractivity contribution is -0.121. The number of para-hydroxylation sites is 1. The number of methoxy groups -OCH3 is 2. The number of aryl methyl sites for hydroxylation is 1. The zero-order valence-corrected chi connectivity index (χ0v) is 16.7. The summed E-state index contributed by atoms with van der Waals surface area (Å²) in [7, 11) is 3.25. The third kappa shape index (κ3) is 4.20. The second kappa shape index (κ2) is 8.63. The average Bonchev–Trinajstić information content (AvgIpc) is 2.68. The van der Waals surface area contributed by atoms with Gasteiger partial charge in [-0.15, -0.1) is 0 Å². The predicted octanol–water partition coefficient (Wildman–Crippen LogP) is 3.95. The third-order valence-corrected chi connectivity index (χ3v) is 5.28. The standard InChI is InChI=1S/C21H25ClN2O3/c1-14-11-19(26-2)20(27-3)12-15(14)13-23-17-8-6-10-24(21(17)25)18-9-5-4-7-16(18)22/h4-5,7,9,11-12,17,23H,6,8,10,13H2,1-3H3/t17-/m1/s1. The first kappa shape index (κ1) is 19.5. The number of carbonyl (C=O) groups is 1. The van der Waals surface area contributed by atoms with Crippen molar-refractivity contribution in [3.63, 3.8) is 0 Å². The molecular formula is C21H25ClN2O3. The van der Waals surface area contributed by atoms with E-state index < -0.39 is 0 Å². The van der Waals surface area contributed by atoms with Gasteiger partial charge < -0.3 is 19.7 Å². The number of hydrogen-bond donors (Lipinski definition) is 1. The van der Waals surface area contributed by atoms with Crippen LogP contribution in [-0.4, -0.2) is 32.7 Å². The van der Waals surface area contributed by atoms with Crippen LogP contribution in [0.15, 0.2) is 36.4 Å². The van der Waals surface area contributed by atoms with Gasteiger partial charge in [0.15, 0.2) is 11.5 Å². The minimum atomic E-state index is -0.234. The summed E-state index contributed by atoms with van der Waals surface area (Å²) in [6.07, 6.45) is 1.74. The van der Waals surface area contributed by atoms with Crippen LogP contribution in [0.5, 0.6) is 11.5 Å². The zero-order chi connectivity index (χ0) is 19.4. The van der Waals surface area contributed by atoms with Crippen LogP contribution in [0.3, 0.4) is 0 Å². The number of halogens is 1. The molecule has 144 valence electrons. The Morgan fingerprint density at radius 1 is 1.19 bits per heavy atom. The quantitative estimate of drug-likeness (QED) is 0.814. The highest BCUT2D eigenvalue weighted by Gasteiger charge is 2.30. The highest BCUT2D eigenvalue weighted by molar-refractivity contribution is 6.33. The molecule has 2 aromatic carbocycles. The van der Waals surface area contributed by atoms with Crippen LogP contribution in [0.2, 0.25) is 5.02 Å². The summed E-state index contributed by atoms with van der Waals surface area (Å²) >= 11 is 6.29. The zero-order valence-electron chi connectivity index (χ0n) is 15.9. The maximum Gasteiger partial charge on any atom is 0.244 e. The van der Waals surface area contributed by atoms with E-state index in [-0.39, 0.29) is 11.9 Å². The lowest BCUT2D eigenvalue weighted by Crippen LogP contribution is -2.50. The van der Waals surface area contributed by atoms with Gasteiger partial charge in [-0.3, -0.25) is 4.79 Å². The molecule has 1 heterocycles. The lowest BCUT2D eigenvalue weighted by atomic mass is 10.0. The Kier molecular flexibility index (Phi) is 6.24. The SMILES string of the molecule is COc1cc(C)c(CN[C@@H]2CCCN(c3ccccc3Cl)C2=O)cc1OC. The molecule has 0 unspecified atom stereocenters. The van der Waals surface area contributed by atoms with Crippen LogP contribution < -0.4 is 19.7 Å². The molecule has 0 radical (unpaired) electrons. The van der Waals surface area contributed by atoms with E-state index in [0.29, 0.717) is 29.6 Å². The van der Waals surface area contributed by atoms with E-state index in [4.69, 9.17) is 21.1 Å². The van der Waals surface area contributed by atoms with Crippen LogP contribution in [0.1, 0.15) is 24.0 Å². The molecule has 1 saturated heterocycles. The number of hydrogen-bond acceptors (Lipinski definition) is 4. The normalized spacial score (nSPS) is 17.1. The van der Waals surface area contributed by atoms with E-state index in [9.17, 15) is 4.79 Å². The van der Waals surface area contributed by atoms with E-state index >= 15 is 0 Å². The molecule has 1 aliphatic heterocycles. The maximum absolute atomic E-state index is 13.0. The Morgan fingerprint density at radius 2 is 1.89 bits per heavy atom. The van der Waals surface area contributed by atoms with Crippen LogP contribution in [0.25, 0.3) is 0 Å². The van der Waals surface area contributed by atoms with Gasteiger partial charge in [0.1, 0.15) is 0 Å². The molecule has 1 fully saturated rings. The Balaban J connectivity index is 1.73. The van der Waals surface area contributed by atoms with Crippen molar-refractivity contribution in [2.75, 3.05) is 25.7 Å². The van der Waals surface area contributed by atoms with E-state index in [0.717, 1.165) is 29.7 Å². The largest absolute Gasteiger partial charge is 0.493 e. The van der Waals surface area contributed by atoms with Crippen molar-refractivity contribution < 1.29 is 14.3 Å². The van der Waals surface area contributed by atoms with Gasteiger partial charge in [-0.2, -0.15) is 0 Å². The molecule has 3 rings (SSSR count). The molecule has 0 saturated carbocycles. The maximum atomic E-state index is 13.0. The molecule has 1 N–H and O–H groups in total. The van der Waals surface area contributed by atoms with Crippen LogP contribution in [0, 0.1) is 6.92 Å². The summed E-state index contributed by atoms with van der Waals surface area (Å²) in [5.41, 5.74) is 2.94. The highest BCUT2D eigenvalue weighted by Crippen LogP contribution is 2.31. The average molecular weight is 389 g/mol. The number of nitrogens with zero attached hydrogens (tertiary/aromatic N) is 1.